The SMILES string of the molecule is Cc1cc(C)cc(NC(=O)Nc2ccc(-c3ccc(N4CCC(C)CC4)nn3)cc2)c1. The molecule has 3 aromatic rings. The zero-order valence-electron chi connectivity index (χ0n) is 18.4. The Hall–Kier alpha value is -3.41. The molecule has 6 heteroatoms. The number of benzene rings is 2. The number of carbonyl (C=O) groups is 1. The van der Waals surface area contributed by atoms with Gasteiger partial charge in [0.1, 0.15) is 0 Å². The molecule has 0 bridgehead atoms. The Morgan fingerprint density at radius 2 is 1.52 bits per heavy atom. The Bertz CT molecular complexity index is 1020. The Balaban J connectivity index is 1.37. The predicted octanol–water partition coefficient (Wildman–Crippen LogP) is 5.64. The van der Waals surface area contributed by atoms with Gasteiger partial charge in [-0.15, -0.1) is 10.2 Å². The fourth-order valence-electron chi connectivity index (χ4n) is 3.95. The summed E-state index contributed by atoms with van der Waals surface area (Å²) < 4.78 is 0. The molecule has 160 valence electrons. The van der Waals surface area contributed by atoms with E-state index in [1.165, 1.54) is 12.8 Å². The Morgan fingerprint density at radius 1 is 0.871 bits per heavy atom. The highest BCUT2D eigenvalue weighted by atomic mass is 16.2. The van der Waals surface area contributed by atoms with Crippen LogP contribution in [0.2, 0.25) is 0 Å². The summed E-state index contributed by atoms with van der Waals surface area (Å²) in [5.74, 6) is 1.73. The second kappa shape index (κ2) is 9.16. The third-order valence-electron chi connectivity index (χ3n) is 5.68. The van der Waals surface area contributed by atoms with Crippen LogP contribution in [0.3, 0.4) is 0 Å². The number of aryl methyl sites for hydroxylation is 2. The van der Waals surface area contributed by atoms with Crippen LogP contribution in [-0.2, 0) is 0 Å². The maximum atomic E-state index is 12.3. The van der Waals surface area contributed by atoms with Gasteiger partial charge in [0.25, 0.3) is 0 Å². The first kappa shape index (κ1) is 20.8. The molecule has 0 spiro atoms. The van der Waals surface area contributed by atoms with E-state index in [4.69, 9.17) is 0 Å². The monoisotopic (exact) mass is 415 g/mol. The van der Waals surface area contributed by atoms with Crippen LogP contribution in [0.25, 0.3) is 11.3 Å². The van der Waals surface area contributed by atoms with E-state index in [2.05, 4.69) is 38.7 Å². The largest absolute Gasteiger partial charge is 0.355 e. The highest BCUT2D eigenvalue weighted by Crippen LogP contribution is 2.24. The molecule has 1 saturated heterocycles. The second-order valence-corrected chi connectivity index (χ2v) is 8.48. The van der Waals surface area contributed by atoms with Crippen molar-refractivity contribution < 1.29 is 4.79 Å². The maximum absolute atomic E-state index is 12.3. The average Bonchev–Trinajstić information content (AvgIpc) is 2.74. The fraction of sp³-hybridized carbons (Fsp3) is 0.320. The van der Waals surface area contributed by atoms with Gasteiger partial charge in [-0.2, -0.15) is 0 Å². The zero-order valence-corrected chi connectivity index (χ0v) is 18.4. The molecule has 1 aromatic heterocycles. The van der Waals surface area contributed by atoms with Crippen molar-refractivity contribution in [2.45, 2.75) is 33.6 Å². The Labute approximate surface area is 183 Å². The number of urea groups is 1. The number of anilines is 3. The molecular formula is C25H29N5O. The number of carbonyl (C=O) groups excluding carboxylic acids is 1. The van der Waals surface area contributed by atoms with E-state index in [1.54, 1.807) is 0 Å². The smallest absolute Gasteiger partial charge is 0.323 e. The van der Waals surface area contributed by atoms with Gasteiger partial charge in [-0.1, -0.05) is 25.1 Å². The van der Waals surface area contributed by atoms with Crippen LogP contribution < -0.4 is 15.5 Å². The molecule has 0 unspecified atom stereocenters. The molecule has 0 radical (unpaired) electrons. The minimum absolute atomic E-state index is 0.266. The number of hydrogen-bond donors (Lipinski definition) is 2. The first-order chi connectivity index (χ1) is 15.0. The van der Waals surface area contributed by atoms with Crippen LogP contribution in [-0.4, -0.2) is 29.3 Å². The van der Waals surface area contributed by atoms with Gasteiger partial charge in [0.15, 0.2) is 5.82 Å². The van der Waals surface area contributed by atoms with Gasteiger partial charge in [0.2, 0.25) is 0 Å². The van der Waals surface area contributed by atoms with Crippen molar-refractivity contribution in [2.75, 3.05) is 28.6 Å². The molecule has 1 aliphatic rings. The lowest BCUT2D eigenvalue weighted by molar-refractivity contribution is 0.262. The topological polar surface area (TPSA) is 70.2 Å². The van der Waals surface area contributed by atoms with Crippen molar-refractivity contribution in [3.05, 3.63) is 65.7 Å². The fourth-order valence-corrected chi connectivity index (χ4v) is 3.95. The molecular weight excluding hydrogens is 386 g/mol. The highest BCUT2D eigenvalue weighted by molar-refractivity contribution is 5.99. The minimum Gasteiger partial charge on any atom is -0.355 e. The summed E-state index contributed by atoms with van der Waals surface area (Å²) >= 11 is 0. The first-order valence-electron chi connectivity index (χ1n) is 10.8. The molecule has 4 rings (SSSR count). The molecule has 31 heavy (non-hydrogen) atoms. The quantitative estimate of drug-likeness (QED) is 0.578. The summed E-state index contributed by atoms with van der Waals surface area (Å²) in [6.45, 7) is 8.41. The highest BCUT2D eigenvalue weighted by Gasteiger charge is 2.17. The van der Waals surface area contributed by atoms with Crippen molar-refractivity contribution in [3.8, 4) is 11.3 Å². The Morgan fingerprint density at radius 3 is 2.13 bits per heavy atom. The summed E-state index contributed by atoms with van der Waals surface area (Å²) in [5.41, 5.74) is 5.51. The number of hydrogen-bond acceptors (Lipinski definition) is 4. The van der Waals surface area contributed by atoms with Crippen molar-refractivity contribution in [1.29, 1.82) is 0 Å². The number of amides is 2. The maximum Gasteiger partial charge on any atom is 0.323 e. The number of nitrogens with one attached hydrogen (secondary N) is 2. The van der Waals surface area contributed by atoms with Crippen molar-refractivity contribution in [2.24, 2.45) is 5.92 Å². The van der Waals surface area contributed by atoms with E-state index in [-0.39, 0.29) is 6.03 Å². The van der Waals surface area contributed by atoms with Crippen molar-refractivity contribution >= 4 is 23.2 Å². The van der Waals surface area contributed by atoms with Gasteiger partial charge < -0.3 is 15.5 Å². The molecule has 1 fully saturated rings. The lowest BCUT2D eigenvalue weighted by atomic mass is 9.99. The van der Waals surface area contributed by atoms with Crippen LogP contribution in [0.1, 0.15) is 30.9 Å². The van der Waals surface area contributed by atoms with Crippen LogP contribution in [0.5, 0.6) is 0 Å². The van der Waals surface area contributed by atoms with Gasteiger partial charge in [-0.25, -0.2) is 4.79 Å². The first-order valence-corrected chi connectivity index (χ1v) is 10.8. The number of rotatable bonds is 4. The summed E-state index contributed by atoms with van der Waals surface area (Å²) in [7, 11) is 0. The van der Waals surface area contributed by atoms with E-state index in [1.807, 2.05) is 62.4 Å². The molecule has 2 aromatic carbocycles. The Kier molecular flexibility index (Phi) is 6.16. The molecule has 2 heterocycles. The zero-order chi connectivity index (χ0) is 21.8. The van der Waals surface area contributed by atoms with Crippen LogP contribution in [0, 0.1) is 19.8 Å². The van der Waals surface area contributed by atoms with E-state index < -0.39 is 0 Å². The molecule has 2 N–H and O–H groups in total. The molecule has 2 amide bonds. The van der Waals surface area contributed by atoms with Gasteiger partial charge in [0.05, 0.1) is 5.69 Å². The molecule has 6 nitrogen and oxygen atoms in total. The number of piperidine rings is 1. The molecule has 0 atom stereocenters. The standard InChI is InChI=1S/C25H29N5O/c1-17-10-12-30(13-11-17)24-9-8-23(28-29-24)20-4-6-21(7-5-20)26-25(31)27-22-15-18(2)14-19(3)16-22/h4-9,14-17H,10-13H2,1-3H3,(H2,26,27,31). The third kappa shape index (κ3) is 5.40. The lowest BCUT2D eigenvalue weighted by Gasteiger charge is -2.30. The van der Waals surface area contributed by atoms with Crippen LogP contribution in [0.15, 0.2) is 54.6 Å². The van der Waals surface area contributed by atoms with Gasteiger partial charge in [-0.05, 0) is 80.1 Å². The summed E-state index contributed by atoms with van der Waals surface area (Å²) in [4.78, 5) is 14.6. The molecule has 0 aliphatic carbocycles. The van der Waals surface area contributed by atoms with Gasteiger partial charge >= 0.3 is 6.03 Å². The van der Waals surface area contributed by atoms with E-state index in [0.29, 0.717) is 0 Å². The van der Waals surface area contributed by atoms with Crippen LogP contribution in [0.4, 0.5) is 22.0 Å². The van der Waals surface area contributed by atoms with Gasteiger partial charge in [-0.3, -0.25) is 0 Å². The number of aromatic nitrogens is 2. The minimum atomic E-state index is -0.266. The van der Waals surface area contributed by atoms with Gasteiger partial charge in [0, 0.05) is 30.0 Å². The van der Waals surface area contributed by atoms with Crippen molar-refractivity contribution in [1.82, 2.24) is 10.2 Å². The van der Waals surface area contributed by atoms with E-state index in [9.17, 15) is 4.79 Å². The summed E-state index contributed by atoms with van der Waals surface area (Å²) in [5, 5.41) is 14.6. The van der Waals surface area contributed by atoms with E-state index >= 15 is 0 Å². The number of nitrogens with zero attached hydrogens (tertiary/aromatic N) is 3. The molecule has 1 aliphatic heterocycles. The van der Waals surface area contributed by atoms with E-state index in [0.717, 1.165) is 58.6 Å². The third-order valence-corrected chi connectivity index (χ3v) is 5.68. The molecule has 0 saturated carbocycles. The lowest BCUT2D eigenvalue weighted by Crippen LogP contribution is -2.33. The summed E-state index contributed by atoms with van der Waals surface area (Å²) in [6, 6.07) is 17.4. The van der Waals surface area contributed by atoms with Crippen LogP contribution >= 0.6 is 0 Å². The predicted molar refractivity (Wildman–Crippen MR) is 127 cm³/mol. The summed E-state index contributed by atoms with van der Waals surface area (Å²) in [6.07, 6.45) is 2.41. The second-order valence-electron chi connectivity index (χ2n) is 8.48. The van der Waals surface area contributed by atoms with Crippen molar-refractivity contribution in [3.63, 3.8) is 0 Å². The normalized spacial score (nSPS) is 14.4. The average molecular weight is 416 g/mol.